The zero-order valence-electron chi connectivity index (χ0n) is 11.0. The minimum atomic E-state index is 0.742. The molecule has 4 saturated carbocycles. The minimum absolute atomic E-state index is 0.742. The summed E-state index contributed by atoms with van der Waals surface area (Å²) in [7, 11) is 0. The highest BCUT2D eigenvalue weighted by atomic mass is 32.2. The summed E-state index contributed by atoms with van der Waals surface area (Å²) in [6.07, 6.45) is 9.46. The Kier molecular flexibility index (Phi) is 2.56. The quantitative estimate of drug-likeness (QED) is 0.767. The molecule has 0 amide bonds. The van der Waals surface area contributed by atoms with Crippen LogP contribution in [0.2, 0.25) is 0 Å². The van der Waals surface area contributed by atoms with Crippen molar-refractivity contribution in [1.29, 1.82) is 0 Å². The third kappa shape index (κ3) is 1.70. The van der Waals surface area contributed by atoms with E-state index in [0.29, 0.717) is 0 Å². The van der Waals surface area contributed by atoms with Crippen LogP contribution < -0.4 is 5.32 Å². The molecule has 0 radical (unpaired) electrons. The number of rotatable bonds is 1. The lowest BCUT2D eigenvalue weighted by Crippen LogP contribution is -2.57. The van der Waals surface area contributed by atoms with Gasteiger partial charge >= 0.3 is 0 Å². The first-order chi connectivity index (χ1) is 8.25. The molecule has 0 spiro atoms. The molecule has 2 heteroatoms. The predicted molar refractivity (Wildman–Crippen MR) is 74.3 cm³/mol. The van der Waals surface area contributed by atoms with Gasteiger partial charge in [0.1, 0.15) is 0 Å². The Morgan fingerprint density at radius 2 is 1.59 bits per heavy atom. The fourth-order valence-electron chi connectivity index (χ4n) is 5.96. The van der Waals surface area contributed by atoms with Gasteiger partial charge in [0.25, 0.3) is 0 Å². The average Bonchev–Trinajstić information content (AvgIpc) is 2.27. The third-order valence-corrected chi connectivity index (χ3v) is 7.72. The highest BCUT2D eigenvalue weighted by Crippen LogP contribution is 2.63. The minimum Gasteiger partial charge on any atom is -0.312 e. The van der Waals surface area contributed by atoms with Crippen molar-refractivity contribution >= 4 is 11.8 Å². The molecule has 96 valence electrons. The van der Waals surface area contributed by atoms with Crippen molar-refractivity contribution in [3.05, 3.63) is 0 Å². The van der Waals surface area contributed by atoms with Crippen molar-refractivity contribution in [1.82, 2.24) is 5.32 Å². The maximum Gasteiger partial charge on any atom is 0.0255 e. The predicted octanol–water partition coefficient (Wildman–Crippen LogP) is 3.30. The molecule has 0 aromatic heterocycles. The Morgan fingerprint density at radius 3 is 2.12 bits per heavy atom. The molecule has 1 aliphatic heterocycles. The molecule has 5 aliphatic rings. The smallest absolute Gasteiger partial charge is 0.0255 e. The van der Waals surface area contributed by atoms with E-state index in [-0.39, 0.29) is 0 Å². The van der Waals surface area contributed by atoms with Gasteiger partial charge in [-0.15, -0.1) is 0 Å². The van der Waals surface area contributed by atoms with Gasteiger partial charge in [-0.05, 0) is 68.6 Å². The van der Waals surface area contributed by atoms with Crippen molar-refractivity contribution in [3.63, 3.8) is 0 Å². The molecule has 1 heterocycles. The second kappa shape index (κ2) is 3.90. The number of thioether (sulfide) groups is 1. The fourth-order valence-corrected chi connectivity index (χ4v) is 7.47. The maximum atomic E-state index is 3.74. The molecule has 5 fully saturated rings. The summed E-state index contributed by atoms with van der Waals surface area (Å²) in [5.41, 5.74) is 0.742. The first-order valence-corrected chi connectivity index (χ1v) is 8.65. The molecule has 4 bridgehead atoms. The SMILES string of the molecule is CC1NCCSC1C12CC3CC(CC(C3)C1)C2. The number of hydrogen-bond donors (Lipinski definition) is 1. The monoisotopic (exact) mass is 251 g/mol. The molecule has 5 rings (SSSR count). The molecule has 4 aliphatic carbocycles. The molecule has 0 aromatic carbocycles. The van der Waals surface area contributed by atoms with Gasteiger partial charge in [0.2, 0.25) is 0 Å². The van der Waals surface area contributed by atoms with E-state index in [1.165, 1.54) is 12.3 Å². The van der Waals surface area contributed by atoms with Gasteiger partial charge < -0.3 is 5.32 Å². The van der Waals surface area contributed by atoms with Gasteiger partial charge in [0.15, 0.2) is 0 Å². The zero-order valence-corrected chi connectivity index (χ0v) is 11.8. The van der Waals surface area contributed by atoms with Crippen LogP contribution in [-0.2, 0) is 0 Å². The van der Waals surface area contributed by atoms with Crippen LogP contribution in [0.4, 0.5) is 0 Å². The van der Waals surface area contributed by atoms with E-state index in [0.717, 1.165) is 34.5 Å². The highest BCUT2D eigenvalue weighted by molar-refractivity contribution is 8.00. The summed E-state index contributed by atoms with van der Waals surface area (Å²) < 4.78 is 0. The van der Waals surface area contributed by atoms with E-state index >= 15 is 0 Å². The van der Waals surface area contributed by atoms with Crippen molar-refractivity contribution < 1.29 is 0 Å². The molecule has 17 heavy (non-hydrogen) atoms. The van der Waals surface area contributed by atoms with Crippen LogP contribution in [0.25, 0.3) is 0 Å². The second-order valence-corrected chi connectivity index (χ2v) is 8.56. The fraction of sp³-hybridized carbons (Fsp3) is 1.00. The normalized spacial score (nSPS) is 57.4. The van der Waals surface area contributed by atoms with Crippen molar-refractivity contribution in [2.24, 2.45) is 23.2 Å². The summed E-state index contributed by atoms with van der Waals surface area (Å²) in [6.45, 7) is 3.67. The van der Waals surface area contributed by atoms with Crippen molar-refractivity contribution in [3.8, 4) is 0 Å². The molecular weight excluding hydrogens is 226 g/mol. The summed E-state index contributed by atoms with van der Waals surface area (Å²) in [5.74, 6) is 4.67. The Bertz CT molecular complexity index is 279. The number of nitrogens with one attached hydrogen (secondary N) is 1. The van der Waals surface area contributed by atoms with Crippen LogP contribution in [0.1, 0.15) is 45.4 Å². The lowest BCUT2D eigenvalue weighted by atomic mass is 9.48. The summed E-state index contributed by atoms with van der Waals surface area (Å²) in [4.78, 5) is 0. The first-order valence-electron chi connectivity index (χ1n) is 7.60. The van der Waals surface area contributed by atoms with Gasteiger partial charge in [-0.1, -0.05) is 0 Å². The lowest BCUT2D eigenvalue weighted by Gasteiger charge is -2.61. The van der Waals surface area contributed by atoms with E-state index in [1.807, 2.05) is 0 Å². The Morgan fingerprint density at radius 1 is 1.00 bits per heavy atom. The molecule has 2 unspecified atom stereocenters. The van der Waals surface area contributed by atoms with Crippen LogP contribution in [0.5, 0.6) is 0 Å². The largest absolute Gasteiger partial charge is 0.312 e. The van der Waals surface area contributed by atoms with E-state index in [2.05, 4.69) is 24.0 Å². The standard InChI is InChI=1S/C15H25NS/c1-10-14(17-3-2-16-10)15-7-11-4-12(8-15)6-13(5-11)9-15/h10-14,16H,2-9H2,1H3. The zero-order chi connectivity index (χ0) is 11.5. The van der Waals surface area contributed by atoms with Crippen LogP contribution in [0.3, 0.4) is 0 Å². The summed E-state index contributed by atoms with van der Waals surface area (Å²) in [6, 6.07) is 0.755. The molecule has 1 nitrogen and oxygen atoms in total. The van der Waals surface area contributed by atoms with Gasteiger partial charge in [0, 0.05) is 23.6 Å². The topological polar surface area (TPSA) is 12.0 Å². The van der Waals surface area contributed by atoms with Crippen LogP contribution in [0.15, 0.2) is 0 Å². The Balaban J connectivity index is 1.63. The molecule has 2 atom stereocenters. The van der Waals surface area contributed by atoms with Gasteiger partial charge in [-0.25, -0.2) is 0 Å². The van der Waals surface area contributed by atoms with E-state index in [1.54, 1.807) is 38.5 Å². The number of hydrogen-bond acceptors (Lipinski definition) is 2. The lowest BCUT2D eigenvalue weighted by molar-refractivity contribution is -0.0575. The van der Waals surface area contributed by atoms with E-state index < -0.39 is 0 Å². The third-order valence-electron chi connectivity index (χ3n) is 6.01. The second-order valence-electron chi connectivity index (χ2n) is 7.31. The molecule has 1 saturated heterocycles. The maximum absolute atomic E-state index is 3.74. The first kappa shape index (κ1) is 11.2. The summed E-state index contributed by atoms with van der Waals surface area (Å²) >= 11 is 2.30. The molecule has 1 N–H and O–H groups in total. The highest BCUT2D eigenvalue weighted by Gasteiger charge is 2.55. The van der Waals surface area contributed by atoms with Gasteiger partial charge in [-0.3, -0.25) is 0 Å². The molecule has 0 aromatic rings. The molecular formula is C15H25NS. The van der Waals surface area contributed by atoms with E-state index in [9.17, 15) is 0 Å². The Hall–Kier alpha value is 0.310. The van der Waals surface area contributed by atoms with Gasteiger partial charge in [-0.2, -0.15) is 11.8 Å². The Labute approximate surface area is 109 Å². The summed E-state index contributed by atoms with van der Waals surface area (Å²) in [5, 5.41) is 4.66. The van der Waals surface area contributed by atoms with Crippen molar-refractivity contribution in [2.75, 3.05) is 12.3 Å². The average molecular weight is 251 g/mol. The van der Waals surface area contributed by atoms with E-state index in [4.69, 9.17) is 0 Å². The van der Waals surface area contributed by atoms with Crippen LogP contribution >= 0.6 is 11.8 Å². The van der Waals surface area contributed by atoms with Gasteiger partial charge in [0.05, 0.1) is 0 Å². The van der Waals surface area contributed by atoms with Crippen LogP contribution in [0, 0.1) is 23.2 Å². The van der Waals surface area contributed by atoms with Crippen LogP contribution in [-0.4, -0.2) is 23.6 Å². The van der Waals surface area contributed by atoms with Crippen molar-refractivity contribution in [2.45, 2.75) is 56.7 Å².